The van der Waals surface area contributed by atoms with Crippen molar-refractivity contribution < 1.29 is 9.30 Å². The summed E-state index contributed by atoms with van der Waals surface area (Å²) in [5.41, 5.74) is 6.11. The van der Waals surface area contributed by atoms with E-state index in [2.05, 4.69) is 59.6 Å². The number of hydrogen-bond acceptors (Lipinski definition) is 5. The fourth-order valence-electron chi connectivity index (χ4n) is 8.78. The Morgan fingerprint density at radius 3 is 1.87 bits per heavy atom. The summed E-state index contributed by atoms with van der Waals surface area (Å²) >= 11 is 0. The minimum absolute atomic E-state index is 0.179. The number of rotatable bonds is 5. The normalized spacial score (nSPS) is 16.6. The van der Waals surface area contributed by atoms with Crippen LogP contribution >= 0.6 is 7.14 Å². The molecule has 1 saturated heterocycles. The molecule has 9 rings (SSSR count). The zero-order chi connectivity index (χ0) is 38.1. The highest BCUT2D eigenvalue weighted by Crippen LogP contribution is 2.64. The number of para-hydroxylation sites is 1. The first-order chi connectivity index (χ1) is 26.7. The van der Waals surface area contributed by atoms with Gasteiger partial charge >= 0.3 is 0 Å². The van der Waals surface area contributed by atoms with E-state index in [-0.39, 0.29) is 23.2 Å². The number of nitrogens with zero attached hydrogens (tertiary/aromatic N) is 5. The van der Waals surface area contributed by atoms with Crippen LogP contribution in [0.1, 0.15) is 68.0 Å². The molecule has 0 saturated carbocycles. The molecule has 2 bridgehead atoms. The number of fused-ring (bicyclic) bond motifs is 7. The van der Waals surface area contributed by atoms with E-state index in [1.807, 2.05) is 102 Å². The minimum atomic E-state index is -3.79. The van der Waals surface area contributed by atoms with Crippen molar-refractivity contribution >= 4 is 57.2 Å². The van der Waals surface area contributed by atoms with Crippen LogP contribution in [0.3, 0.4) is 0 Å². The van der Waals surface area contributed by atoms with Crippen LogP contribution in [0.4, 0.5) is 34.1 Å². The van der Waals surface area contributed by atoms with Crippen LogP contribution < -0.4 is 30.5 Å². The molecule has 266 valence electrons. The third kappa shape index (κ3) is 5.11. The fraction of sp³-hybridized carbons (Fsp3) is 0.170. The molecule has 0 spiro atoms. The number of hydrogen-bond donors (Lipinski definition) is 0. The summed E-state index contributed by atoms with van der Waals surface area (Å²) in [6.07, 6.45) is 1.60. The Hall–Kier alpha value is -6.58. The van der Waals surface area contributed by atoms with E-state index in [4.69, 9.17) is 17.9 Å². The topological polar surface area (TPSA) is 65.3 Å². The van der Waals surface area contributed by atoms with E-state index >= 15 is 4.57 Å². The van der Waals surface area contributed by atoms with E-state index in [1.165, 1.54) is 0 Å². The molecule has 3 aliphatic heterocycles. The molecule has 55 heavy (non-hydrogen) atoms. The van der Waals surface area contributed by atoms with Crippen LogP contribution in [0, 0.1) is 24.5 Å². The average molecular weight is 734 g/mol. The second-order valence-corrected chi connectivity index (χ2v) is 17.9. The highest BCUT2D eigenvalue weighted by atomic mass is 31.2. The second-order valence-electron chi connectivity index (χ2n) is 15.2. The number of benzene rings is 6. The van der Waals surface area contributed by atoms with Crippen molar-refractivity contribution in [3.8, 4) is 17.6 Å². The van der Waals surface area contributed by atoms with Gasteiger partial charge in [-0.15, -0.1) is 0 Å². The molecule has 6 aromatic carbocycles. The third-order valence-electron chi connectivity index (χ3n) is 11.2. The van der Waals surface area contributed by atoms with Gasteiger partial charge in [-0.2, -0.15) is 5.26 Å². The molecule has 0 N–H and O–H groups in total. The number of nitriles is 1. The van der Waals surface area contributed by atoms with E-state index in [0.29, 0.717) is 55.7 Å². The molecular weight excluding hydrogens is 698 g/mol. The van der Waals surface area contributed by atoms with Crippen molar-refractivity contribution in [2.75, 3.05) is 9.80 Å². The first kappa shape index (κ1) is 34.2. The maximum Gasteiger partial charge on any atom is 0.223 e. The van der Waals surface area contributed by atoms with Crippen molar-refractivity contribution in [3.63, 3.8) is 0 Å². The SMILES string of the molecule is [C-]#[N+]c1ccc2c(c1)Oc1cc(C(C)(C)C)ccc1N2c1c(C#N)c2c(c(P(=O)(c3ccccc3)c3ccccc3)c1[N+]#[C-])C1CCC2N1c1ccccc1. The molecule has 1 fully saturated rings. The first-order valence-corrected chi connectivity index (χ1v) is 20.1. The maximum atomic E-state index is 16.7. The van der Waals surface area contributed by atoms with Gasteiger partial charge in [0.05, 0.1) is 47.9 Å². The van der Waals surface area contributed by atoms with Crippen LogP contribution in [0.15, 0.2) is 127 Å². The van der Waals surface area contributed by atoms with Gasteiger partial charge in [0, 0.05) is 21.6 Å². The van der Waals surface area contributed by atoms with Crippen molar-refractivity contribution in [2.45, 2.75) is 51.1 Å². The molecule has 2 unspecified atom stereocenters. The molecule has 8 heteroatoms. The maximum absolute atomic E-state index is 16.7. The van der Waals surface area contributed by atoms with Gasteiger partial charge < -0.3 is 19.1 Å². The third-order valence-corrected chi connectivity index (χ3v) is 14.3. The smallest absolute Gasteiger partial charge is 0.223 e. The second kappa shape index (κ2) is 12.8. The average Bonchev–Trinajstić information content (AvgIpc) is 3.79. The van der Waals surface area contributed by atoms with E-state index in [0.717, 1.165) is 35.2 Å². The Labute approximate surface area is 321 Å². The Morgan fingerprint density at radius 2 is 1.31 bits per heavy atom. The zero-order valence-corrected chi connectivity index (χ0v) is 31.6. The zero-order valence-electron chi connectivity index (χ0n) is 30.7. The molecule has 0 radical (unpaired) electrons. The summed E-state index contributed by atoms with van der Waals surface area (Å²) in [5.74, 6) is 0.987. The molecule has 0 amide bonds. The molecule has 3 heterocycles. The van der Waals surface area contributed by atoms with Crippen LogP contribution in [-0.4, -0.2) is 0 Å². The lowest BCUT2D eigenvalue weighted by Crippen LogP contribution is -2.31. The van der Waals surface area contributed by atoms with Gasteiger partial charge in [-0.05, 0) is 71.3 Å². The van der Waals surface area contributed by atoms with Crippen molar-refractivity contribution in [2.24, 2.45) is 0 Å². The van der Waals surface area contributed by atoms with Gasteiger partial charge in [-0.25, -0.2) is 9.69 Å². The summed E-state index contributed by atoms with van der Waals surface area (Å²) in [5, 5.41) is 13.2. The molecule has 7 nitrogen and oxygen atoms in total. The monoisotopic (exact) mass is 733 g/mol. The lowest BCUT2D eigenvalue weighted by Gasteiger charge is -2.37. The van der Waals surface area contributed by atoms with Gasteiger partial charge in [-0.3, -0.25) is 0 Å². The van der Waals surface area contributed by atoms with Gasteiger partial charge in [0.25, 0.3) is 0 Å². The van der Waals surface area contributed by atoms with Gasteiger partial charge in [0.15, 0.2) is 18.6 Å². The van der Waals surface area contributed by atoms with Crippen LogP contribution in [0.5, 0.6) is 11.5 Å². The number of anilines is 4. The van der Waals surface area contributed by atoms with Gasteiger partial charge in [0.1, 0.15) is 11.8 Å². The van der Waals surface area contributed by atoms with E-state index in [9.17, 15) is 5.26 Å². The van der Waals surface area contributed by atoms with Crippen LogP contribution in [-0.2, 0) is 9.98 Å². The Morgan fingerprint density at radius 1 is 0.745 bits per heavy atom. The summed E-state index contributed by atoms with van der Waals surface area (Å²) in [6, 6.07) is 42.7. The van der Waals surface area contributed by atoms with Crippen molar-refractivity contribution in [1.82, 2.24) is 0 Å². The van der Waals surface area contributed by atoms with Gasteiger partial charge in [0.2, 0.25) is 5.69 Å². The lowest BCUT2D eigenvalue weighted by molar-refractivity contribution is 0.473. The predicted molar refractivity (Wildman–Crippen MR) is 220 cm³/mol. The van der Waals surface area contributed by atoms with Crippen molar-refractivity contribution in [1.29, 1.82) is 5.26 Å². The summed E-state index contributed by atoms with van der Waals surface area (Å²) in [4.78, 5) is 12.3. The largest absolute Gasteiger partial charge is 0.454 e. The quantitative estimate of drug-likeness (QED) is 0.130. The molecule has 6 aromatic rings. The minimum Gasteiger partial charge on any atom is -0.454 e. The van der Waals surface area contributed by atoms with Crippen molar-refractivity contribution in [3.05, 3.63) is 172 Å². The van der Waals surface area contributed by atoms with E-state index < -0.39 is 7.14 Å². The molecule has 2 atom stereocenters. The standard InChI is InChI=1S/C47H36N5O2P/c1-47(2,3)30-21-23-36-40(27-30)54-41-28-31(49-4)22-24-37(41)52(36)45-35(29-48)42-38-25-26-39(51(38)32-15-9-6-10-16-32)43(42)46(44(45)50-5)55(53,33-17-11-7-12-18-33)34-19-13-8-14-20-34/h6-24,27-28,38-39H,25-26H2,1-3H3. The number of ether oxygens (including phenoxy) is 1. The predicted octanol–water partition coefficient (Wildman–Crippen LogP) is 11.6. The van der Waals surface area contributed by atoms with Crippen LogP contribution in [0.25, 0.3) is 9.69 Å². The lowest BCUT2D eigenvalue weighted by atomic mass is 9.85. The van der Waals surface area contributed by atoms with Gasteiger partial charge in [-0.1, -0.05) is 112 Å². The Balaban J connectivity index is 1.45. The molecular formula is C47H36N5O2P. The molecule has 3 aliphatic rings. The Bertz CT molecular complexity index is 2660. The molecule has 0 aromatic heterocycles. The summed E-state index contributed by atoms with van der Waals surface area (Å²) < 4.78 is 23.3. The van der Waals surface area contributed by atoms with Crippen LogP contribution in [0.2, 0.25) is 0 Å². The first-order valence-electron chi connectivity index (χ1n) is 18.4. The fourth-order valence-corrected chi connectivity index (χ4v) is 11.8. The molecule has 0 aliphatic carbocycles. The highest BCUT2D eigenvalue weighted by molar-refractivity contribution is 7.85. The van der Waals surface area contributed by atoms with E-state index in [1.54, 1.807) is 12.1 Å². The summed E-state index contributed by atoms with van der Waals surface area (Å²) in [6.45, 7) is 23.3. The summed E-state index contributed by atoms with van der Waals surface area (Å²) in [7, 11) is -3.79. The Kier molecular flexibility index (Phi) is 7.95. The highest BCUT2D eigenvalue weighted by Gasteiger charge is 2.52.